The van der Waals surface area contributed by atoms with Gasteiger partial charge < -0.3 is 15.4 Å². The number of benzene rings is 2. The molecule has 2 N–H and O–H groups in total. The minimum Gasteiger partial charge on any atom is -0.478 e. The van der Waals surface area contributed by atoms with Gasteiger partial charge in [0.25, 0.3) is 5.91 Å². The highest BCUT2D eigenvalue weighted by Gasteiger charge is 2.29. The van der Waals surface area contributed by atoms with Crippen LogP contribution in [0, 0.1) is 0 Å². The average Bonchev–Trinajstić information content (AvgIpc) is 3.25. The largest absolute Gasteiger partial charge is 0.478 e. The molecule has 0 aliphatic carbocycles. The summed E-state index contributed by atoms with van der Waals surface area (Å²) in [5, 5.41) is 15.1. The Labute approximate surface area is 189 Å². The van der Waals surface area contributed by atoms with Crippen LogP contribution in [0.25, 0.3) is 0 Å². The van der Waals surface area contributed by atoms with Crippen LogP contribution in [0.1, 0.15) is 22.6 Å². The first kappa shape index (κ1) is 20.6. The van der Waals surface area contributed by atoms with Gasteiger partial charge in [-0.15, -0.1) is 10.2 Å². The van der Waals surface area contributed by atoms with Gasteiger partial charge in [0.05, 0.1) is 12.1 Å². The number of anilines is 2. The molecule has 0 unspecified atom stereocenters. The van der Waals surface area contributed by atoms with Gasteiger partial charge >= 0.3 is 0 Å². The van der Waals surface area contributed by atoms with Crippen LogP contribution in [0.4, 0.5) is 10.8 Å². The maximum absolute atomic E-state index is 12.4. The first-order valence-corrected chi connectivity index (χ1v) is 11.4. The van der Waals surface area contributed by atoms with Gasteiger partial charge in [0.2, 0.25) is 11.0 Å². The molecule has 3 aromatic rings. The number of hydrogen-bond acceptors (Lipinski definition) is 7. The highest BCUT2D eigenvalue weighted by molar-refractivity contribution is 7.15. The number of nitrogens with zero attached hydrogens (tertiary/aromatic N) is 3. The monoisotopic (exact) mass is 449 g/mol. The molecule has 0 saturated carbocycles. The molecule has 2 aromatic carbocycles. The van der Waals surface area contributed by atoms with E-state index >= 15 is 0 Å². The zero-order valence-corrected chi connectivity index (χ0v) is 18.2. The van der Waals surface area contributed by atoms with Crippen molar-refractivity contribution in [1.82, 2.24) is 15.1 Å². The Morgan fingerprint density at radius 1 is 1.16 bits per heavy atom. The fourth-order valence-corrected chi connectivity index (χ4v) is 4.71. The average molecular weight is 450 g/mol. The van der Waals surface area contributed by atoms with Crippen molar-refractivity contribution in [1.29, 1.82) is 0 Å². The Morgan fingerprint density at radius 3 is 2.88 bits per heavy atom. The summed E-state index contributed by atoms with van der Waals surface area (Å²) in [7, 11) is 0. The first-order valence-electron chi connectivity index (χ1n) is 10.6. The molecule has 32 heavy (non-hydrogen) atoms. The number of rotatable bonds is 6. The molecule has 0 bridgehead atoms. The van der Waals surface area contributed by atoms with E-state index in [0.29, 0.717) is 16.6 Å². The Kier molecular flexibility index (Phi) is 5.83. The number of hydrogen-bond donors (Lipinski definition) is 2. The van der Waals surface area contributed by atoms with Gasteiger partial charge in [-0.1, -0.05) is 47.7 Å². The highest BCUT2D eigenvalue weighted by atomic mass is 32.1. The van der Waals surface area contributed by atoms with E-state index in [1.807, 2.05) is 12.1 Å². The van der Waals surface area contributed by atoms with Crippen molar-refractivity contribution in [2.75, 3.05) is 23.7 Å². The van der Waals surface area contributed by atoms with E-state index in [9.17, 15) is 9.59 Å². The molecular formula is C23H23N5O3S. The maximum Gasteiger partial charge on any atom is 0.266 e. The second-order valence-corrected chi connectivity index (χ2v) is 8.95. The molecule has 0 radical (unpaired) electrons. The van der Waals surface area contributed by atoms with Crippen molar-refractivity contribution in [3.05, 3.63) is 64.7 Å². The molecule has 164 valence electrons. The zero-order chi connectivity index (χ0) is 21.9. The minimum atomic E-state index is -0.876. The quantitative estimate of drug-likeness (QED) is 0.601. The predicted octanol–water partition coefficient (Wildman–Crippen LogP) is 2.87. The molecule has 2 aliphatic rings. The third-order valence-electron chi connectivity index (χ3n) is 5.64. The van der Waals surface area contributed by atoms with Crippen LogP contribution in [0.5, 0.6) is 5.75 Å². The van der Waals surface area contributed by atoms with E-state index in [-0.39, 0.29) is 18.2 Å². The Balaban J connectivity index is 1.11. The van der Waals surface area contributed by atoms with E-state index in [1.54, 1.807) is 12.1 Å². The molecule has 0 spiro atoms. The number of ether oxygens (including phenoxy) is 1. The Morgan fingerprint density at radius 2 is 1.97 bits per heavy atom. The Bertz CT molecular complexity index is 1150. The van der Waals surface area contributed by atoms with Crippen LogP contribution in [0.15, 0.2) is 48.5 Å². The topological polar surface area (TPSA) is 96.4 Å². The van der Waals surface area contributed by atoms with Crippen molar-refractivity contribution in [2.24, 2.45) is 0 Å². The number of para-hydroxylation sites is 2. The van der Waals surface area contributed by atoms with Gasteiger partial charge in [0, 0.05) is 26.1 Å². The van der Waals surface area contributed by atoms with E-state index in [4.69, 9.17) is 4.74 Å². The standard InChI is InChI=1S/C23H23N5O3S/c29-20(13-19-22(30)24-17-7-3-4-8-18(17)31-19)25-23-27-26-21(32-23)10-12-28-11-9-15-5-1-2-6-16(15)14-28/h1-8,19H,9-14H2,(H,24,30)(H,25,27,29)/t19-/m1/s1. The summed E-state index contributed by atoms with van der Waals surface area (Å²) in [5.74, 6) is -0.108. The molecule has 9 heteroatoms. The minimum absolute atomic E-state index is 0.0950. The fraction of sp³-hybridized carbons (Fsp3) is 0.304. The van der Waals surface area contributed by atoms with Gasteiger partial charge in [-0.05, 0) is 29.7 Å². The predicted molar refractivity (Wildman–Crippen MR) is 122 cm³/mol. The van der Waals surface area contributed by atoms with Crippen LogP contribution in [0.3, 0.4) is 0 Å². The lowest BCUT2D eigenvalue weighted by molar-refractivity contribution is -0.128. The summed E-state index contributed by atoms with van der Waals surface area (Å²) >= 11 is 1.36. The molecule has 1 atom stereocenters. The van der Waals surface area contributed by atoms with Crippen molar-refractivity contribution in [2.45, 2.75) is 31.9 Å². The lowest BCUT2D eigenvalue weighted by atomic mass is 10.00. The van der Waals surface area contributed by atoms with Crippen LogP contribution >= 0.6 is 11.3 Å². The highest BCUT2D eigenvalue weighted by Crippen LogP contribution is 2.29. The van der Waals surface area contributed by atoms with Crippen molar-refractivity contribution in [3.63, 3.8) is 0 Å². The van der Waals surface area contributed by atoms with E-state index < -0.39 is 6.10 Å². The SMILES string of the molecule is O=C(C[C@H]1Oc2ccccc2NC1=O)Nc1nnc(CCN2CCc3ccccc3C2)s1. The lowest BCUT2D eigenvalue weighted by Crippen LogP contribution is -2.39. The smallest absolute Gasteiger partial charge is 0.266 e. The van der Waals surface area contributed by atoms with E-state index in [0.717, 1.165) is 37.5 Å². The van der Waals surface area contributed by atoms with Crippen LogP contribution in [-0.2, 0) is 29.0 Å². The number of nitrogens with one attached hydrogen (secondary N) is 2. The summed E-state index contributed by atoms with van der Waals surface area (Å²) in [6, 6.07) is 15.7. The Hall–Kier alpha value is -3.30. The lowest BCUT2D eigenvalue weighted by Gasteiger charge is -2.28. The maximum atomic E-state index is 12.4. The summed E-state index contributed by atoms with van der Waals surface area (Å²) in [5.41, 5.74) is 3.43. The van der Waals surface area contributed by atoms with Crippen molar-refractivity contribution in [3.8, 4) is 5.75 Å². The third-order valence-corrected chi connectivity index (χ3v) is 6.54. The number of amides is 2. The van der Waals surface area contributed by atoms with Crippen molar-refractivity contribution >= 4 is 34.0 Å². The van der Waals surface area contributed by atoms with Crippen LogP contribution in [0.2, 0.25) is 0 Å². The van der Waals surface area contributed by atoms with Gasteiger partial charge in [0.15, 0.2) is 6.10 Å². The van der Waals surface area contributed by atoms with Crippen LogP contribution in [-0.4, -0.2) is 46.1 Å². The van der Waals surface area contributed by atoms with Crippen LogP contribution < -0.4 is 15.4 Å². The fourth-order valence-electron chi connectivity index (χ4n) is 3.97. The normalized spacial score (nSPS) is 17.6. The number of aromatic nitrogens is 2. The molecular weight excluding hydrogens is 426 g/mol. The molecule has 2 aliphatic heterocycles. The van der Waals surface area contributed by atoms with E-state index in [1.165, 1.54) is 22.5 Å². The number of carbonyl (C=O) groups excluding carboxylic acids is 2. The molecule has 2 amide bonds. The zero-order valence-electron chi connectivity index (χ0n) is 17.4. The molecule has 0 fully saturated rings. The molecule has 8 nitrogen and oxygen atoms in total. The molecule has 3 heterocycles. The molecule has 5 rings (SSSR count). The van der Waals surface area contributed by atoms with Crippen molar-refractivity contribution < 1.29 is 14.3 Å². The summed E-state index contributed by atoms with van der Waals surface area (Å²) in [4.78, 5) is 27.1. The number of carbonyl (C=O) groups is 2. The molecule has 0 saturated heterocycles. The van der Waals surface area contributed by atoms with Gasteiger partial charge in [-0.3, -0.25) is 14.5 Å². The van der Waals surface area contributed by atoms with E-state index in [2.05, 4.69) is 50.0 Å². The van der Waals surface area contributed by atoms with Gasteiger partial charge in [0.1, 0.15) is 10.8 Å². The third kappa shape index (κ3) is 4.63. The van der Waals surface area contributed by atoms with Gasteiger partial charge in [-0.2, -0.15) is 0 Å². The second kappa shape index (κ2) is 9.05. The van der Waals surface area contributed by atoms with Gasteiger partial charge in [-0.25, -0.2) is 0 Å². The number of fused-ring (bicyclic) bond motifs is 2. The summed E-state index contributed by atoms with van der Waals surface area (Å²) in [6.45, 7) is 2.88. The second-order valence-electron chi connectivity index (χ2n) is 7.89. The molecule has 1 aromatic heterocycles. The first-order chi connectivity index (χ1) is 15.6. The summed E-state index contributed by atoms with van der Waals surface area (Å²) in [6.07, 6.45) is 0.872. The summed E-state index contributed by atoms with van der Waals surface area (Å²) < 4.78 is 5.68.